The first-order valence-electron chi connectivity index (χ1n) is 9.30. The van der Waals surface area contributed by atoms with Crippen LogP contribution >= 0.6 is 11.6 Å². The second kappa shape index (κ2) is 7.31. The molecule has 2 aliphatic rings. The van der Waals surface area contributed by atoms with Crippen LogP contribution in [0.25, 0.3) is 11.0 Å². The normalized spacial score (nSPS) is 28.4. The summed E-state index contributed by atoms with van der Waals surface area (Å²) in [5.41, 5.74) is 2.22. The van der Waals surface area contributed by atoms with E-state index in [1.807, 2.05) is 28.8 Å². The fourth-order valence-corrected chi connectivity index (χ4v) is 4.17. The predicted molar refractivity (Wildman–Crippen MR) is 107 cm³/mol. The number of imidazole rings is 1. The maximum absolute atomic E-state index is 12.5. The average Bonchev–Trinajstić information content (AvgIpc) is 3.32. The second-order valence-corrected chi connectivity index (χ2v) is 7.57. The molecule has 1 aromatic heterocycles. The lowest BCUT2D eigenvalue weighted by Gasteiger charge is -2.39. The van der Waals surface area contributed by atoms with Gasteiger partial charge in [-0.3, -0.25) is 0 Å². The Morgan fingerprint density at radius 2 is 2.10 bits per heavy atom. The van der Waals surface area contributed by atoms with Gasteiger partial charge in [-0.05, 0) is 30.3 Å². The molecule has 150 valence electrons. The summed E-state index contributed by atoms with van der Waals surface area (Å²) in [5, 5.41) is 17.2. The molecule has 29 heavy (non-hydrogen) atoms. The van der Waals surface area contributed by atoms with E-state index >= 15 is 0 Å². The summed E-state index contributed by atoms with van der Waals surface area (Å²) in [6, 6.07) is 12.8. The monoisotopic (exact) mass is 414 g/mol. The lowest BCUT2D eigenvalue weighted by molar-refractivity contribution is -0.162. The molecule has 9 heteroatoms. The Morgan fingerprint density at radius 3 is 2.97 bits per heavy atom. The summed E-state index contributed by atoms with van der Waals surface area (Å²) in [6.45, 7) is 0.285. The van der Waals surface area contributed by atoms with E-state index in [1.54, 1.807) is 30.6 Å². The number of nitrogens with one attached hydrogen (secondary N) is 2. The molecule has 3 aromatic rings. The molecule has 3 heterocycles. The molecule has 0 unspecified atom stereocenters. The SMILES string of the molecule is O=C(Nc1cccc(Cl)c1)N[C@H]1[C@H](O)[C@@H](n2cnc3ccccc32)[C@@H]2OC[C@H]1O2. The Bertz CT molecular complexity index is 1060. The molecule has 2 saturated heterocycles. The minimum absolute atomic E-state index is 0.285. The third-order valence-corrected chi connectivity index (χ3v) is 5.55. The van der Waals surface area contributed by atoms with Gasteiger partial charge < -0.3 is 29.8 Å². The highest BCUT2D eigenvalue weighted by atomic mass is 35.5. The van der Waals surface area contributed by atoms with Crippen molar-refractivity contribution in [2.24, 2.45) is 0 Å². The maximum Gasteiger partial charge on any atom is 0.319 e. The number of carbonyl (C=O) groups excluding carboxylic acids is 1. The number of amides is 2. The van der Waals surface area contributed by atoms with Gasteiger partial charge in [-0.25, -0.2) is 9.78 Å². The molecule has 2 aromatic carbocycles. The Kier molecular flexibility index (Phi) is 4.63. The number of fused-ring (bicyclic) bond motifs is 3. The van der Waals surface area contributed by atoms with Crippen LogP contribution in [0.2, 0.25) is 5.02 Å². The quantitative estimate of drug-likeness (QED) is 0.612. The van der Waals surface area contributed by atoms with Crippen molar-refractivity contribution in [3.8, 4) is 0 Å². The van der Waals surface area contributed by atoms with Crippen molar-refractivity contribution in [2.75, 3.05) is 11.9 Å². The molecule has 0 saturated carbocycles. The summed E-state index contributed by atoms with van der Waals surface area (Å²) >= 11 is 5.96. The number of halogens is 1. The Morgan fingerprint density at radius 1 is 1.24 bits per heavy atom. The zero-order chi connectivity index (χ0) is 20.0. The van der Waals surface area contributed by atoms with Crippen LogP contribution in [0.1, 0.15) is 6.04 Å². The largest absolute Gasteiger partial charge is 0.388 e. The van der Waals surface area contributed by atoms with E-state index < -0.39 is 36.6 Å². The van der Waals surface area contributed by atoms with Gasteiger partial charge in [-0.2, -0.15) is 0 Å². The molecule has 2 fully saturated rings. The molecule has 2 bridgehead atoms. The number of rotatable bonds is 3. The minimum atomic E-state index is -0.927. The number of aliphatic hydroxyl groups excluding tert-OH is 1. The van der Waals surface area contributed by atoms with Crippen LogP contribution < -0.4 is 10.6 Å². The molecule has 5 rings (SSSR count). The van der Waals surface area contributed by atoms with Crippen LogP contribution in [0, 0.1) is 0 Å². The molecule has 3 N–H and O–H groups in total. The first-order chi connectivity index (χ1) is 14.1. The van der Waals surface area contributed by atoms with Gasteiger partial charge in [0.05, 0.1) is 30.0 Å². The van der Waals surface area contributed by atoms with E-state index in [2.05, 4.69) is 15.6 Å². The van der Waals surface area contributed by atoms with Crippen molar-refractivity contribution in [1.82, 2.24) is 14.9 Å². The first kappa shape index (κ1) is 18.4. The fourth-order valence-electron chi connectivity index (χ4n) is 3.98. The van der Waals surface area contributed by atoms with E-state index in [0.717, 1.165) is 11.0 Å². The molecule has 2 aliphatic heterocycles. The lowest BCUT2D eigenvalue weighted by Crippen LogP contribution is -2.59. The number of nitrogens with zero attached hydrogens (tertiary/aromatic N) is 2. The summed E-state index contributed by atoms with van der Waals surface area (Å²) in [7, 11) is 0. The third kappa shape index (κ3) is 3.34. The van der Waals surface area contributed by atoms with Crippen LogP contribution in [0.3, 0.4) is 0 Å². The molecule has 0 radical (unpaired) electrons. The summed E-state index contributed by atoms with van der Waals surface area (Å²) in [6.07, 6.45) is -0.315. The van der Waals surface area contributed by atoms with Gasteiger partial charge in [0.15, 0.2) is 6.29 Å². The number of para-hydroxylation sites is 2. The van der Waals surface area contributed by atoms with Crippen molar-refractivity contribution < 1.29 is 19.4 Å². The van der Waals surface area contributed by atoms with Gasteiger partial charge >= 0.3 is 6.03 Å². The molecule has 0 spiro atoms. The zero-order valence-electron chi connectivity index (χ0n) is 15.2. The Hall–Kier alpha value is -2.65. The summed E-state index contributed by atoms with van der Waals surface area (Å²) in [5.74, 6) is 0. The molecule has 0 aliphatic carbocycles. The van der Waals surface area contributed by atoms with E-state index in [0.29, 0.717) is 10.7 Å². The zero-order valence-corrected chi connectivity index (χ0v) is 16.0. The molecular weight excluding hydrogens is 396 g/mol. The first-order valence-corrected chi connectivity index (χ1v) is 9.68. The number of carbonyl (C=O) groups is 1. The van der Waals surface area contributed by atoms with E-state index in [9.17, 15) is 9.90 Å². The van der Waals surface area contributed by atoms with Crippen LogP contribution in [0.4, 0.5) is 10.5 Å². The number of urea groups is 1. The maximum atomic E-state index is 12.5. The standard InChI is InChI=1S/C20H19ClN4O4/c21-11-4-3-5-12(8-11)23-20(27)24-16-15-9-28-19(29-15)17(18(16)26)25-10-22-13-6-1-2-7-14(13)25/h1-8,10,15-19,26H,9H2,(H2,23,24,27)/t15-,16-,17-,18+,19-/m1/s1. The highest BCUT2D eigenvalue weighted by molar-refractivity contribution is 6.30. The van der Waals surface area contributed by atoms with Crippen molar-refractivity contribution >= 4 is 34.4 Å². The highest BCUT2D eigenvalue weighted by Crippen LogP contribution is 2.37. The van der Waals surface area contributed by atoms with Crippen molar-refractivity contribution in [1.29, 1.82) is 0 Å². The number of aromatic nitrogens is 2. The number of aliphatic hydroxyl groups is 1. The van der Waals surface area contributed by atoms with Crippen molar-refractivity contribution in [2.45, 2.75) is 30.6 Å². The number of hydrogen-bond acceptors (Lipinski definition) is 5. The predicted octanol–water partition coefficient (Wildman–Crippen LogP) is 2.54. The van der Waals surface area contributed by atoms with Crippen molar-refractivity contribution in [3.63, 3.8) is 0 Å². The van der Waals surface area contributed by atoms with Gasteiger partial charge in [0, 0.05) is 10.7 Å². The molecular formula is C20H19ClN4O4. The van der Waals surface area contributed by atoms with E-state index in [4.69, 9.17) is 21.1 Å². The van der Waals surface area contributed by atoms with E-state index in [-0.39, 0.29) is 6.61 Å². The average molecular weight is 415 g/mol. The van der Waals surface area contributed by atoms with Crippen molar-refractivity contribution in [3.05, 3.63) is 59.9 Å². The van der Waals surface area contributed by atoms with Gasteiger partial charge in [-0.15, -0.1) is 0 Å². The van der Waals surface area contributed by atoms with Crippen LogP contribution in [0.15, 0.2) is 54.9 Å². The number of anilines is 1. The van der Waals surface area contributed by atoms with Gasteiger partial charge in [0.1, 0.15) is 18.2 Å². The van der Waals surface area contributed by atoms with Gasteiger partial charge in [-0.1, -0.05) is 29.8 Å². The topological polar surface area (TPSA) is 97.6 Å². The Balaban J connectivity index is 1.38. The van der Waals surface area contributed by atoms with Crippen LogP contribution in [-0.4, -0.2) is 51.8 Å². The van der Waals surface area contributed by atoms with Gasteiger partial charge in [0.25, 0.3) is 0 Å². The Labute approximate surface area is 171 Å². The minimum Gasteiger partial charge on any atom is -0.388 e. The van der Waals surface area contributed by atoms with Crippen LogP contribution in [0.5, 0.6) is 0 Å². The lowest BCUT2D eigenvalue weighted by atomic mass is 9.96. The third-order valence-electron chi connectivity index (χ3n) is 5.31. The number of ether oxygens (including phenoxy) is 2. The highest BCUT2D eigenvalue weighted by Gasteiger charge is 2.51. The smallest absolute Gasteiger partial charge is 0.319 e. The summed E-state index contributed by atoms with van der Waals surface area (Å²) in [4.78, 5) is 16.9. The van der Waals surface area contributed by atoms with Crippen LogP contribution in [-0.2, 0) is 9.47 Å². The molecule has 2 amide bonds. The van der Waals surface area contributed by atoms with Gasteiger partial charge in [0.2, 0.25) is 0 Å². The molecule has 5 atom stereocenters. The fraction of sp³-hybridized carbons (Fsp3) is 0.300. The molecule has 8 nitrogen and oxygen atoms in total. The summed E-state index contributed by atoms with van der Waals surface area (Å²) < 4.78 is 13.5. The second-order valence-electron chi connectivity index (χ2n) is 7.13. The van der Waals surface area contributed by atoms with E-state index in [1.165, 1.54) is 0 Å². The number of benzene rings is 2. The number of hydrogen-bond donors (Lipinski definition) is 3.